The molecule has 2 rings (SSSR count). The quantitative estimate of drug-likeness (QED) is 0.704. The Balaban J connectivity index is 1.69. The number of rotatable bonds is 7. The number of hydrogen-bond donors (Lipinski definition) is 3. The molecule has 6 heteroatoms. The van der Waals surface area contributed by atoms with Crippen molar-refractivity contribution in [2.24, 2.45) is 11.8 Å². The van der Waals surface area contributed by atoms with Gasteiger partial charge in [0.1, 0.15) is 18.5 Å². The van der Waals surface area contributed by atoms with Crippen molar-refractivity contribution in [3.63, 3.8) is 0 Å². The van der Waals surface area contributed by atoms with Crippen LogP contribution in [-0.2, 0) is 9.59 Å². The number of benzene rings is 1. The van der Waals surface area contributed by atoms with Crippen molar-refractivity contribution in [2.75, 3.05) is 13.2 Å². The Morgan fingerprint density at radius 1 is 1.35 bits per heavy atom. The third-order valence-electron chi connectivity index (χ3n) is 4.10. The molecular formula is C17H23NO5. The number of aryl methyl sites for hydroxylation is 1. The van der Waals surface area contributed by atoms with E-state index in [1.807, 2.05) is 31.2 Å². The number of nitrogens with one attached hydrogen (secondary N) is 1. The molecule has 3 atom stereocenters. The minimum absolute atomic E-state index is 0.0894. The molecule has 1 fully saturated rings. The summed E-state index contributed by atoms with van der Waals surface area (Å²) in [5.41, 5.74) is 1.07. The zero-order valence-electron chi connectivity index (χ0n) is 13.2. The molecule has 6 nitrogen and oxygen atoms in total. The van der Waals surface area contributed by atoms with Gasteiger partial charge < -0.3 is 20.3 Å². The van der Waals surface area contributed by atoms with E-state index < -0.39 is 18.0 Å². The Hall–Kier alpha value is -2.08. The van der Waals surface area contributed by atoms with Gasteiger partial charge in [0.25, 0.3) is 0 Å². The lowest BCUT2D eigenvalue weighted by molar-refractivity contribution is -0.141. The number of carbonyl (C=O) groups is 2. The van der Waals surface area contributed by atoms with E-state index in [4.69, 9.17) is 9.84 Å². The molecule has 1 aromatic rings. The maximum absolute atomic E-state index is 12.0. The molecule has 1 aliphatic carbocycles. The molecule has 1 aromatic carbocycles. The van der Waals surface area contributed by atoms with Gasteiger partial charge in [0.05, 0.1) is 5.92 Å². The van der Waals surface area contributed by atoms with Crippen LogP contribution in [0.25, 0.3) is 0 Å². The van der Waals surface area contributed by atoms with Crippen LogP contribution in [0.3, 0.4) is 0 Å². The Kier molecular flexibility index (Phi) is 5.98. The first-order chi connectivity index (χ1) is 11.0. The highest BCUT2D eigenvalue weighted by molar-refractivity contribution is 5.80. The van der Waals surface area contributed by atoms with Crippen molar-refractivity contribution < 1.29 is 24.5 Å². The Morgan fingerprint density at radius 3 is 2.74 bits per heavy atom. The summed E-state index contributed by atoms with van der Waals surface area (Å²) in [5.74, 6) is -1.06. The predicted octanol–water partition coefficient (Wildman–Crippen LogP) is 1.35. The SMILES string of the molecule is Cc1cccc(OCC(O)CNC(=O)[C@@H]2CC[C@H](C(=O)O)C2)c1. The van der Waals surface area contributed by atoms with Crippen molar-refractivity contribution in [3.05, 3.63) is 29.8 Å². The zero-order chi connectivity index (χ0) is 16.8. The largest absolute Gasteiger partial charge is 0.491 e. The first-order valence-corrected chi connectivity index (χ1v) is 7.83. The van der Waals surface area contributed by atoms with E-state index in [1.54, 1.807) is 0 Å². The number of aliphatic hydroxyl groups excluding tert-OH is 1. The molecule has 1 unspecified atom stereocenters. The zero-order valence-corrected chi connectivity index (χ0v) is 13.2. The van der Waals surface area contributed by atoms with E-state index in [-0.39, 0.29) is 25.0 Å². The summed E-state index contributed by atoms with van der Waals surface area (Å²) in [4.78, 5) is 22.9. The average molecular weight is 321 g/mol. The second-order valence-electron chi connectivity index (χ2n) is 6.07. The molecule has 1 saturated carbocycles. The van der Waals surface area contributed by atoms with E-state index in [0.717, 1.165) is 5.56 Å². The molecule has 23 heavy (non-hydrogen) atoms. The molecule has 0 aliphatic heterocycles. The number of aliphatic carboxylic acids is 1. The summed E-state index contributed by atoms with van der Waals surface area (Å²) >= 11 is 0. The van der Waals surface area contributed by atoms with Crippen LogP contribution in [0.2, 0.25) is 0 Å². The fourth-order valence-corrected chi connectivity index (χ4v) is 2.76. The first-order valence-electron chi connectivity index (χ1n) is 7.83. The normalized spacial score (nSPS) is 21.7. The predicted molar refractivity (Wildman–Crippen MR) is 84.2 cm³/mol. The first kappa shape index (κ1) is 17.3. The lowest BCUT2D eigenvalue weighted by Gasteiger charge is -2.15. The fraction of sp³-hybridized carbons (Fsp3) is 0.529. The molecule has 0 bridgehead atoms. The van der Waals surface area contributed by atoms with Crippen LogP contribution in [0.4, 0.5) is 0 Å². The molecule has 1 amide bonds. The number of amides is 1. The van der Waals surface area contributed by atoms with Crippen LogP contribution in [0.5, 0.6) is 5.75 Å². The molecule has 0 heterocycles. The van der Waals surface area contributed by atoms with E-state index in [1.165, 1.54) is 0 Å². The van der Waals surface area contributed by atoms with Gasteiger partial charge in [-0.15, -0.1) is 0 Å². The van der Waals surface area contributed by atoms with Crippen LogP contribution in [0.1, 0.15) is 24.8 Å². The smallest absolute Gasteiger partial charge is 0.306 e. The number of carboxylic acids is 1. The molecule has 0 radical (unpaired) electrons. The minimum Gasteiger partial charge on any atom is -0.491 e. The lowest BCUT2D eigenvalue weighted by atomic mass is 10.0. The van der Waals surface area contributed by atoms with Gasteiger partial charge in [-0.2, -0.15) is 0 Å². The van der Waals surface area contributed by atoms with Crippen LogP contribution in [0.15, 0.2) is 24.3 Å². The lowest BCUT2D eigenvalue weighted by Crippen LogP contribution is -2.38. The van der Waals surface area contributed by atoms with Gasteiger partial charge in [0, 0.05) is 12.5 Å². The standard InChI is InChI=1S/C17H23NO5/c1-11-3-2-4-15(7-11)23-10-14(19)9-18-16(20)12-5-6-13(8-12)17(21)22/h2-4,7,12-14,19H,5-6,8-10H2,1H3,(H,18,20)(H,21,22)/t12-,13+,14?/m1/s1. The van der Waals surface area contributed by atoms with Crippen LogP contribution >= 0.6 is 0 Å². The van der Waals surface area contributed by atoms with Gasteiger partial charge in [-0.05, 0) is 43.9 Å². The average Bonchev–Trinajstić information content (AvgIpc) is 3.01. The van der Waals surface area contributed by atoms with Crippen LogP contribution in [-0.4, -0.2) is 41.3 Å². The summed E-state index contributed by atoms with van der Waals surface area (Å²) in [6.45, 7) is 2.14. The highest BCUT2D eigenvalue weighted by atomic mass is 16.5. The monoisotopic (exact) mass is 321 g/mol. The van der Waals surface area contributed by atoms with Crippen molar-refractivity contribution >= 4 is 11.9 Å². The summed E-state index contributed by atoms with van der Waals surface area (Å²) in [5, 5.41) is 21.5. The maximum atomic E-state index is 12.0. The Bertz CT molecular complexity index is 560. The van der Waals surface area contributed by atoms with Crippen LogP contribution < -0.4 is 10.1 Å². The van der Waals surface area contributed by atoms with Gasteiger partial charge >= 0.3 is 5.97 Å². The molecule has 0 saturated heterocycles. The summed E-state index contributed by atoms with van der Waals surface area (Å²) in [7, 11) is 0. The molecule has 3 N–H and O–H groups in total. The summed E-state index contributed by atoms with van der Waals surface area (Å²) in [6, 6.07) is 7.51. The van der Waals surface area contributed by atoms with Gasteiger partial charge in [0.15, 0.2) is 0 Å². The topological polar surface area (TPSA) is 95.9 Å². The Morgan fingerprint density at radius 2 is 2.09 bits per heavy atom. The highest BCUT2D eigenvalue weighted by Gasteiger charge is 2.33. The van der Waals surface area contributed by atoms with Gasteiger partial charge in [-0.3, -0.25) is 9.59 Å². The number of carbonyl (C=O) groups excluding carboxylic acids is 1. The maximum Gasteiger partial charge on any atom is 0.306 e. The second-order valence-corrected chi connectivity index (χ2v) is 6.07. The molecular weight excluding hydrogens is 298 g/mol. The Labute approximate surface area is 135 Å². The second kappa shape index (κ2) is 7.97. The van der Waals surface area contributed by atoms with Crippen molar-refractivity contribution in [2.45, 2.75) is 32.3 Å². The van der Waals surface area contributed by atoms with Crippen molar-refractivity contribution in [1.82, 2.24) is 5.32 Å². The third kappa shape index (κ3) is 5.25. The number of hydrogen-bond acceptors (Lipinski definition) is 4. The van der Waals surface area contributed by atoms with Gasteiger partial charge in [-0.1, -0.05) is 12.1 Å². The molecule has 0 spiro atoms. The van der Waals surface area contributed by atoms with E-state index in [9.17, 15) is 14.7 Å². The molecule has 126 valence electrons. The highest BCUT2D eigenvalue weighted by Crippen LogP contribution is 2.31. The van der Waals surface area contributed by atoms with Crippen LogP contribution in [0, 0.1) is 18.8 Å². The molecule has 1 aliphatic rings. The fourth-order valence-electron chi connectivity index (χ4n) is 2.76. The van der Waals surface area contributed by atoms with Crippen molar-refractivity contribution in [1.29, 1.82) is 0 Å². The summed E-state index contributed by atoms with van der Waals surface area (Å²) < 4.78 is 5.48. The molecule has 0 aromatic heterocycles. The summed E-state index contributed by atoms with van der Waals surface area (Å²) in [6.07, 6.45) is 0.679. The number of carboxylic acid groups (broad SMARTS) is 1. The number of aliphatic hydroxyl groups is 1. The third-order valence-corrected chi connectivity index (χ3v) is 4.10. The van der Waals surface area contributed by atoms with Gasteiger partial charge in [0.2, 0.25) is 5.91 Å². The van der Waals surface area contributed by atoms with E-state index in [2.05, 4.69) is 5.32 Å². The number of ether oxygens (including phenoxy) is 1. The van der Waals surface area contributed by atoms with Crippen molar-refractivity contribution in [3.8, 4) is 5.75 Å². The van der Waals surface area contributed by atoms with E-state index in [0.29, 0.717) is 25.0 Å². The van der Waals surface area contributed by atoms with Gasteiger partial charge in [-0.25, -0.2) is 0 Å². The minimum atomic E-state index is -0.841. The van der Waals surface area contributed by atoms with E-state index >= 15 is 0 Å².